The molecule has 0 aliphatic heterocycles. The molecule has 5 nitrogen and oxygen atoms in total. The Labute approximate surface area is 373 Å². The molecule has 0 bridgehead atoms. The SMILES string of the molecule is [C-]#[N+]c1ccc2c(c1)c1ccccc1n2-c1ccc(-c2nc(-c3ccccc3)nc(-c3ccccc3)n2)c(-c2cccc([Si](c3ccccc3)(c3ccccc3)c3ccccc3)c2)c1. The van der Waals surface area contributed by atoms with Gasteiger partial charge in [0.1, 0.15) is 0 Å². The van der Waals surface area contributed by atoms with Gasteiger partial charge < -0.3 is 4.57 Å². The fraction of sp³-hybridized carbons (Fsp3) is 0. The zero-order chi connectivity index (χ0) is 42.9. The van der Waals surface area contributed by atoms with Gasteiger partial charge in [-0.25, -0.2) is 19.8 Å². The van der Waals surface area contributed by atoms with Gasteiger partial charge in [0.25, 0.3) is 0 Å². The van der Waals surface area contributed by atoms with Crippen molar-refractivity contribution in [2.45, 2.75) is 0 Å². The highest BCUT2D eigenvalue weighted by atomic mass is 28.3. The summed E-state index contributed by atoms with van der Waals surface area (Å²) in [5, 5.41) is 7.32. The molecule has 0 spiro atoms. The number of hydrogen-bond acceptors (Lipinski definition) is 3. The van der Waals surface area contributed by atoms with Crippen molar-refractivity contribution in [3.8, 4) is 51.0 Å². The zero-order valence-electron chi connectivity index (χ0n) is 34.8. The Morgan fingerprint density at radius 2 is 0.844 bits per heavy atom. The van der Waals surface area contributed by atoms with Crippen molar-refractivity contribution in [1.29, 1.82) is 0 Å². The van der Waals surface area contributed by atoms with Gasteiger partial charge in [-0.3, -0.25) is 0 Å². The first-order valence-corrected chi connectivity index (χ1v) is 23.4. The maximum Gasteiger partial charge on any atom is 0.188 e. The van der Waals surface area contributed by atoms with Gasteiger partial charge in [-0.2, -0.15) is 0 Å². The first-order valence-electron chi connectivity index (χ1n) is 21.4. The Bertz CT molecular complexity index is 3340. The summed E-state index contributed by atoms with van der Waals surface area (Å²) in [6, 6.07) is 83.5. The first-order chi connectivity index (χ1) is 31.7. The number of nitrogens with zero attached hydrogens (tertiary/aromatic N) is 5. The van der Waals surface area contributed by atoms with Crippen molar-refractivity contribution in [2.75, 3.05) is 0 Å². The van der Waals surface area contributed by atoms with Crippen LogP contribution >= 0.6 is 0 Å². The van der Waals surface area contributed by atoms with E-state index < -0.39 is 8.07 Å². The monoisotopic (exact) mass is 833 g/mol. The number of aromatic nitrogens is 4. The van der Waals surface area contributed by atoms with Gasteiger partial charge in [0, 0.05) is 27.8 Å². The van der Waals surface area contributed by atoms with E-state index in [4.69, 9.17) is 21.5 Å². The zero-order valence-corrected chi connectivity index (χ0v) is 35.8. The molecular formula is C58H39N5Si. The molecule has 0 atom stereocenters. The third-order valence-corrected chi connectivity index (χ3v) is 17.0. The molecule has 0 saturated heterocycles. The molecule has 0 aliphatic carbocycles. The van der Waals surface area contributed by atoms with Crippen molar-refractivity contribution in [3.05, 3.63) is 248 Å². The average molecular weight is 834 g/mol. The Hall–Kier alpha value is -8.50. The quantitative estimate of drug-likeness (QED) is 0.0827. The van der Waals surface area contributed by atoms with Crippen LogP contribution in [-0.4, -0.2) is 27.6 Å². The Balaban J connectivity index is 1.21. The highest BCUT2D eigenvalue weighted by molar-refractivity contribution is 7.19. The molecule has 11 aromatic rings. The van der Waals surface area contributed by atoms with Gasteiger partial charge in [0.05, 0.1) is 17.6 Å². The van der Waals surface area contributed by atoms with E-state index in [1.165, 1.54) is 20.7 Å². The van der Waals surface area contributed by atoms with Crippen LogP contribution < -0.4 is 20.7 Å². The molecular weight excluding hydrogens is 795 g/mol. The van der Waals surface area contributed by atoms with Crippen LogP contribution in [0.2, 0.25) is 0 Å². The smallest absolute Gasteiger partial charge is 0.188 e. The minimum Gasteiger partial charge on any atom is -0.309 e. The van der Waals surface area contributed by atoms with Crippen molar-refractivity contribution in [2.24, 2.45) is 0 Å². The lowest BCUT2D eigenvalue weighted by molar-refractivity contribution is 1.07. The van der Waals surface area contributed by atoms with Crippen molar-refractivity contribution >= 4 is 56.3 Å². The van der Waals surface area contributed by atoms with Crippen molar-refractivity contribution in [3.63, 3.8) is 0 Å². The topological polar surface area (TPSA) is 48.0 Å². The first kappa shape index (κ1) is 38.4. The molecule has 0 fully saturated rings. The minimum atomic E-state index is -2.89. The predicted octanol–water partition coefficient (Wildman–Crippen LogP) is 11.6. The van der Waals surface area contributed by atoms with Crippen LogP contribution in [0.4, 0.5) is 5.69 Å². The number of fused-ring (bicyclic) bond motifs is 3. The Morgan fingerprint density at radius 3 is 1.42 bits per heavy atom. The van der Waals surface area contributed by atoms with Crippen molar-refractivity contribution < 1.29 is 0 Å². The second-order valence-corrected chi connectivity index (χ2v) is 19.7. The van der Waals surface area contributed by atoms with Crippen LogP contribution in [0.1, 0.15) is 0 Å². The maximum atomic E-state index is 7.80. The van der Waals surface area contributed by atoms with Gasteiger partial charge in [-0.05, 0) is 73.7 Å². The number of rotatable bonds is 9. The summed E-state index contributed by atoms with van der Waals surface area (Å²) >= 11 is 0. The summed E-state index contributed by atoms with van der Waals surface area (Å²) < 4.78 is 2.31. The normalized spacial score (nSPS) is 11.4. The largest absolute Gasteiger partial charge is 0.309 e. The second kappa shape index (κ2) is 16.4. The van der Waals surface area contributed by atoms with E-state index in [1.54, 1.807) is 0 Å². The lowest BCUT2D eigenvalue weighted by atomic mass is 9.98. The maximum absolute atomic E-state index is 7.80. The molecule has 64 heavy (non-hydrogen) atoms. The summed E-state index contributed by atoms with van der Waals surface area (Å²) in [4.78, 5) is 19.4. The number of hydrogen-bond donors (Lipinski definition) is 0. The van der Waals surface area contributed by atoms with Crippen LogP contribution in [0.25, 0.3) is 77.6 Å². The van der Waals surface area contributed by atoms with E-state index >= 15 is 0 Å². The average Bonchev–Trinajstić information content (AvgIpc) is 3.71. The standard InChI is InChI=1S/C58H39N5Si/c1-59-44-34-37-55-53(39-44)50-32-17-18-33-54(50)63(55)45-35-36-51(58-61-56(41-20-7-2-8-21-41)60-57(62-58)42-22-9-3-10-23-42)52(40-45)43-24-19-31-49(38-43)64(46-25-11-4-12-26-46,47-27-13-5-14-28-47)48-29-15-6-16-30-48/h2-40H. The van der Waals surface area contributed by atoms with Crippen LogP contribution in [0.3, 0.4) is 0 Å². The molecule has 2 heterocycles. The minimum absolute atomic E-state index is 0.585. The van der Waals surface area contributed by atoms with Gasteiger partial charge in [0.2, 0.25) is 0 Å². The van der Waals surface area contributed by atoms with E-state index in [1.807, 2.05) is 72.8 Å². The van der Waals surface area contributed by atoms with Gasteiger partial charge in [-0.15, -0.1) is 0 Å². The van der Waals surface area contributed by atoms with Gasteiger partial charge in [0.15, 0.2) is 31.2 Å². The molecule has 0 N–H and O–H groups in total. The van der Waals surface area contributed by atoms with E-state index in [-0.39, 0.29) is 0 Å². The predicted molar refractivity (Wildman–Crippen MR) is 266 cm³/mol. The number of para-hydroxylation sites is 1. The van der Waals surface area contributed by atoms with Crippen LogP contribution in [0.15, 0.2) is 237 Å². The summed E-state index contributed by atoms with van der Waals surface area (Å²) in [7, 11) is -2.89. The molecule has 0 amide bonds. The molecule has 2 aromatic heterocycles. The molecule has 0 unspecified atom stereocenters. The van der Waals surface area contributed by atoms with Gasteiger partial charge in [-0.1, -0.05) is 200 Å². The fourth-order valence-electron chi connectivity index (χ4n) is 9.33. The van der Waals surface area contributed by atoms with Crippen LogP contribution in [0, 0.1) is 6.57 Å². The third kappa shape index (κ3) is 6.69. The summed E-state index contributed by atoms with van der Waals surface area (Å²) in [6.07, 6.45) is 0. The highest BCUT2D eigenvalue weighted by Crippen LogP contribution is 2.38. The molecule has 0 radical (unpaired) electrons. The lowest BCUT2D eigenvalue weighted by Gasteiger charge is -2.34. The lowest BCUT2D eigenvalue weighted by Crippen LogP contribution is -2.74. The fourth-order valence-corrected chi connectivity index (χ4v) is 14.1. The molecule has 6 heteroatoms. The third-order valence-electron chi connectivity index (χ3n) is 12.2. The van der Waals surface area contributed by atoms with E-state index in [0.29, 0.717) is 23.2 Å². The van der Waals surface area contributed by atoms with Crippen LogP contribution in [-0.2, 0) is 0 Å². The van der Waals surface area contributed by atoms with E-state index in [2.05, 4.69) is 173 Å². The van der Waals surface area contributed by atoms with E-state index in [9.17, 15) is 0 Å². The second-order valence-electron chi connectivity index (χ2n) is 15.9. The van der Waals surface area contributed by atoms with Crippen molar-refractivity contribution in [1.82, 2.24) is 19.5 Å². The van der Waals surface area contributed by atoms with Crippen LogP contribution in [0.5, 0.6) is 0 Å². The van der Waals surface area contributed by atoms with E-state index in [0.717, 1.165) is 55.3 Å². The van der Waals surface area contributed by atoms with Gasteiger partial charge >= 0.3 is 0 Å². The molecule has 300 valence electrons. The molecule has 9 aromatic carbocycles. The Morgan fingerprint density at radius 1 is 0.359 bits per heavy atom. The number of benzene rings is 9. The molecule has 0 saturated carbocycles. The summed E-state index contributed by atoms with van der Waals surface area (Å²) in [5.41, 5.74) is 8.45. The molecule has 0 aliphatic rings. The summed E-state index contributed by atoms with van der Waals surface area (Å²) in [6.45, 7) is 7.80. The summed E-state index contributed by atoms with van der Waals surface area (Å²) in [5.74, 6) is 1.80. The Kier molecular flexibility index (Phi) is 9.85. The molecule has 11 rings (SSSR count). The highest BCUT2D eigenvalue weighted by Gasteiger charge is 2.41.